The van der Waals surface area contributed by atoms with E-state index in [2.05, 4.69) is 5.10 Å². The van der Waals surface area contributed by atoms with Crippen LogP contribution < -0.4 is 4.74 Å². The summed E-state index contributed by atoms with van der Waals surface area (Å²) >= 11 is 5.92. The lowest BCUT2D eigenvalue weighted by Crippen LogP contribution is -2.09. The monoisotopic (exact) mass is 289 g/mol. The molecule has 2 rings (SSSR count). The second-order valence-corrected chi connectivity index (χ2v) is 4.76. The van der Waals surface area contributed by atoms with Gasteiger partial charge >= 0.3 is 0 Å². The molecule has 0 unspecified atom stereocenters. The van der Waals surface area contributed by atoms with Gasteiger partial charge in [0.25, 0.3) is 0 Å². The van der Waals surface area contributed by atoms with Crippen LogP contribution in [0.4, 0.5) is 0 Å². The number of ether oxygens (including phenoxy) is 1. The van der Waals surface area contributed by atoms with Crippen LogP contribution in [0.15, 0.2) is 18.2 Å². The number of aromatic nitrogens is 2. The van der Waals surface area contributed by atoms with Crippen molar-refractivity contribution in [2.45, 2.75) is 20.8 Å². The number of nitrogens with zero attached hydrogens (tertiary/aromatic N) is 3. The standard InChI is InChI=1S/C14H12ClN3O2/c1-8-14(9(2)18(17-8)10(3)19)20-13-5-11(7-16)4-12(15)6-13/h4-6H,1-3H3. The number of nitriles is 1. The van der Waals surface area contributed by atoms with E-state index in [1.807, 2.05) is 6.07 Å². The number of halogens is 1. The van der Waals surface area contributed by atoms with Crippen LogP contribution in [0.2, 0.25) is 5.02 Å². The van der Waals surface area contributed by atoms with Crippen molar-refractivity contribution in [1.29, 1.82) is 5.26 Å². The summed E-state index contributed by atoms with van der Waals surface area (Å²) in [5.41, 5.74) is 1.60. The summed E-state index contributed by atoms with van der Waals surface area (Å²) in [6.45, 7) is 4.92. The SMILES string of the molecule is CC(=O)n1nc(C)c(Oc2cc(Cl)cc(C#N)c2)c1C. The van der Waals surface area contributed by atoms with Crippen LogP contribution in [0.3, 0.4) is 0 Å². The molecule has 2 aromatic rings. The number of hydrogen-bond donors (Lipinski definition) is 0. The molecule has 1 aromatic carbocycles. The molecule has 1 heterocycles. The van der Waals surface area contributed by atoms with E-state index in [1.54, 1.807) is 32.0 Å². The summed E-state index contributed by atoms with van der Waals surface area (Å²) in [4.78, 5) is 11.4. The Hall–Kier alpha value is -2.32. The predicted molar refractivity (Wildman–Crippen MR) is 74.2 cm³/mol. The maximum atomic E-state index is 11.4. The average molecular weight is 290 g/mol. The van der Waals surface area contributed by atoms with Crippen molar-refractivity contribution in [1.82, 2.24) is 9.78 Å². The minimum atomic E-state index is -0.191. The number of carbonyl (C=O) groups is 1. The third kappa shape index (κ3) is 2.65. The summed E-state index contributed by atoms with van der Waals surface area (Å²) in [7, 11) is 0. The third-order valence-electron chi connectivity index (χ3n) is 2.74. The summed E-state index contributed by atoms with van der Waals surface area (Å²) in [6, 6.07) is 6.74. The molecule has 0 atom stereocenters. The van der Waals surface area contributed by atoms with Crippen molar-refractivity contribution < 1.29 is 9.53 Å². The fourth-order valence-electron chi connectivity index (χ4n) is 1.89. The average Bonchev–Trinajstić information content (AvgIpc) is 2.66. The van der Waals surface area contributed by atoms with Crippen LogP contribution >= 0.6 is 11.6 Å². The van der Waals surface area contributed by atoms with E-state index in [9.17, 15) is 4.79 Å². The zero-order chi connectivity index (χ0) is 14.9. The Bertz CT molecular complexity index is 729. The normalized spacial score (nSPS) is 10.2. The minimum absolute atomic E-state index is 0.191. The Morgan fingerprint density at radius 3 is 2.65 bits per heavy atom. The van der Waals surface area contributed by atoms with Crippen LogP contribution in [0.25, 0.3) is 0 Å². The van der Waals surface area contributed by atoms with E-state index in [-0.39, 0.29) is 5.91 Å². The lowest BCUT2D eigenvalue weighted by atomic mass is 10.2. The van der Waals surface area contributed by atoms with Crippen LogP contribution in [-0.2, 0) is 0 Å². The molecule has 0 amide bonds. The molecular weight excluding hydrogens is 278 g/mol. The second kappa shape index (κ2) is 5.35. The Kier molecular flexibility index (Phi) is 3.77. The highest BCUT2D eigenvalue weighted by Crippen LogP contribution is 2.30. The van der Waals surface area contributed by atoms with Crippen molar-refractivity contribution in [3.63, 3.8) is 0 Å². The molecule has 0 bridgehead atoms. The number of aryl methyl sites for hydroxylation is 1. The maximum Gasteiger partial charge on any atom is 0.244 e. The summed E-state index contributed by atoms with van der Waals surface area (Å²) in [5, 5.41) is 13.4. The lowest BCUT2D eigenvalue weighted by molar-refractivity contribution is 0.0918. The van der Waals surface area contributed by atoms with Crippen LogP contribution in [-0.4, -0.2) is 15.7 Å². The van der Waals surface area contributed by atoms with Gasteiger partial charge in [0.15, 0.2) is 5.75 Å². The Morgan fingerprint density at radius 1 is 1.40 bits per heavy atom. The van der Waals surface area contributed by atoms with Crippen LogP contribution in [0, 0.1) is 25.2 Å². The van der Waals surface area contributed by atoms with E-state index in [0.717, 1.165) is 0 Å². The van der Waals surface area contributed by atoms with Gasteiger partial charge in [-0.15, -0.1) is 0 Å². The molecule has 0 aliphatic carbocycles. The first-order chi connectivity index (χ1) is 9.42. The molecule has 0 radical (unpaired) electrons. The van der Waals surface area contributed by atoms with Gasteiger partial charge in [-0.2, -0.15) is 10.4 Å². The van der Waals surface area contributed by atoms with Crippen LogP contribution in [0.5, 0.6) is 11.5 Å². The predicted octanol–water partition coefficient (Wildman–Crippen LogP) is 3.48. The fraction of sp³-hybridized carbons (Fsp3) is 0.214. The zero-order valence-electron chi connectivity index (χ0n) is 11.3. The number of rotatable bonds is 2. The maximum absolute atomic E-state index is 11.4. The third-order valence-corrected chi connectivity index (χ3v) is 2.96. The van der Waals surface area contributed by atoms with Gasteiger partial charge in [0, 0.05) is 11.9 Å². The number of benzene rings is 1. The molecule has 0 spiro atoms. The molecule has 0 fully saturated rings. The molecule has 0 aliphatic heterocycles. The van der Waals surface area contributed by atoms with Gasteiger partial charge in [0.1, 0.15) is 11.4 Å². The van der Waals surface area contributed by atoms with Gasteiger partial charge in [-0.1, -0.05) is 11.6 Å². The Morgan fingerprint density at radius 2 is 2.10 bits per heavy atom. The zero-order valence-corrected chi connectivity index (χ0v) is 12.0. The first-order valence-corrected chi connectivity index (χ1v) is 6.26. The molecule has 0 N–H and O–H groups in total. The first kappa shape index (κ1) is 14.1. The Balaban J connectivity index is 2.43. The largest absolute Gasteiger partial charge is 0.453 e. The van der Waals surface area contributed by atoms with Gasteiger partial charge in [0.2, 0.25) is 5.91 Å². The molecular formula is C14H12ClN3O2. The quantitative estimate of drug-likeness (QED) is 0.849. The molecule has 20 heavy (non-hydrogen) atoms. The van der Waals surface area contributed by atoms with E-state index in [0.29, 0.717) is 33.5 Å². The highest BCUT2D eigenvalue weighted by Gasteiger charge is 2.16. The van der Waals surface area contributed by atoms with Gasteiger partial charge in [-0.05, 0) is 32.0 Å². The minimum Gasteiger partial charge on any atom is -0.453 e. The Labute approximate surface area is 121 Å². The van der Waals surface area contributed by atoms with Gasteiger partial charge < -0.3 is 4.74 Å². The van der Waals surface area contributed by atoms with E-state index < -0.39 is 0 Å². The molecule has 1 aromatic heterocycles. The van der Waals surface area contributed by atoms with E-state index in [4.69, 9.17) is 21.6 Å². The van der Waals surface area contributed by atoms with Crippen molar-refractivity contribution in [2.75, 3.05) is 0 Å². The molecule has 102 valence electrons. The first-order valence-electron chi connectivity index (χ1n) is 5.88. The van der Waals surface area contributed by atoms with Gasteiger partial charge in [-0.3, -0.25) is 4.79 Å². The molecule has 0 saturated carbocycles. The second-order valence-electron chi connectivity index (χ2n) is 4.32. The highest BCUT2D eigenvalue weighted by atomic mass is 35.5. The van der Waals surface area contributed by atoms with Gasteiger partial charge in [-0.25, -0.2) is 4.68 Å². The molecule has 6 heteroatoms. The lowest BCUT2D eigenvalue weighted by Gasteiger charge is -2.07. The molecule has 0 saturated heterocycles. The van der Waals surface area contributed by atoms with E-state index in [1.165, 1.54) is 11.6 Å². The fourth-order valence-corrected chi connectivity index (χ4v) is 2.11. The summed E-state index contributed by atoms with van der Waals surface area (Å²) in [6.07, 6.45) is 0. The van der Waals surface area contributed by atoms with Crippen LogP contribution in [0.1, 0.15) is 28.7 Å². The van der Waals surface area contributed by atoms with Crippen molar-refractivity contribution in [2.24, 2.45) is 0 Å². The number of hydrogen-bond acceptors (Lipinski definition) is 4. The summed E-state index contributed by atoms with van der Waals surface area (Å²) in [5.74, 6) is 0.735. The van der Waals surface area contributed by atoms with E-state index >= 15 is 0 Å². The summed E-state index contributed by atoms with van der Waals surface area (Å²) < 4.78 is 7.00. The van der Waals surface area contributed by atoms with Crippen molar-refractivity contribution in [3.05, 3.63) is 40.2 Å². The topological polar surface area (TPSA) is 67.9 Å². The molecule has 5 nitrogen and oxygen atoms in total. The smallest absolute Gasteiger partial charge is 0.244 e. The molecule has 0 aliphatic rings. The van der Waals surface area contributed by atoms with Gasteiger partial charge in [0.05, 0.1) is 17.3 Å². The number of carbonyl (C=O) groups excluding carboxylic acids is 1. The highest BCUT2D eigenvalue weighted by molar-refractivity contribution is 6.30. The van der Waals surface area contributed by atoms with Crippen molar-refractivity contribution in [3.8, 4) is 17.6 Å². The van der Waals surface area contributed by atoms with Crippen molar-refractivity contribution >= 4 is 17.5 Å².